The van der Waals surface area contributed by atoms with Crippen LogP contribution in [-0.4, -0.2) is 53.3 Å². The molecule has 0 spiro atoms. The first-order chi connectivity index (χ1) is 21.6. The summed E-state index contributed by atoms with van der Waals surface area (Å²) in [6, 6.07) is 16.2. The highest BCUT2D eigenvalue weighted by Crippen LogP contribution is 2.27. The van der Waals surface area contributed by atoms with Crippen LogP contribution in [0.25, 0.3) is 6.08 Å². The standard InChI is InChI=1S/C36H49N5O4/c1-4-36(3,41-32(42)21-18-25-16-14-24(2)15-17-25)35(45)40-31(22-26-10-6-5-7-11-26)34(44)38-28-20-19-27(23-28)33(43)39-30-13-9-8-12-29(30)37/h5-7,10-11,14-18,21,27-31H,4,8-9,12-13,19-20,22-23,37H2,1-3H3,(H,38,44)(H,39,43)(H,40,45)(H,41,42)/b21-18+/t27-,28+,29+,30+,31-,36+/m1/s1. The minimum absolute atomic E-state index is 0.00844. The summed E-state index contributed by atoms with van der Waals surface area (Å²) in [6.07, 6.45) is 9.63. The molecular formula is C36H49N5O4. The van der Waals surface area contributed by atoms with E-state index >= 15 is 0 Å². The van der Waals surface area contributed by atoms with Gasteiger partial charge in [0.15, 0.2) is 0 Å². The molecule has 0 radical (unpaired) electrons. The van der Waals surface area contributed by atoms with E-state index in [4.69, 9.17) is 5.73 Å². The molecule has 0 heterocycles. The van der Waals surface area contributed by atoms with Gasteiger partial charge in [-0.25, -0.2) is 0 Å². The van der Waals surface area contributed by atoms with E-state index in [9.17, 15) is 19.2 Å². The van der Waals surface area contributed by atoms with Crippen molar-refractivity contribution in [2.45, 2.75) is 108 Å². The molecule has 0 saturated heterocycles. The van der Waals surface area contributed by atoms with Crippen molar-refractivity contribution >= 4 is 29.7 Å². The Labute approximate surface area is 267 Å². The number of carbonyl (C=O) groups is 4. The summed E-state index contributed by atoms with van der Waals surface area (Å²) < 4.78 is 0. The van der Waals surface area contributed by atoms with Gasteiger partial charge in [0.2, 0.25) is 23.6 Å². The van der Waals surface area contributed by atoms with Crippen LogP contribution in [0.3, 0.4) is 0 Å². The van der Waals surface area contributed by atoms with E-state index in [0.717, 1.165) is 42.4 Å². The van der Waals surface area contributed by atoms with Gasteiger partial charge in [-0.2, -0.15) is 0 Å². The van der Waals surface area contributed by atoms with Gasteiger partial charge in [0.1, 0.15) is 11.6 Å². The van der Waals surface area contributed by atoms with Crippen molar-refractivity contribution in [2.24, 2.45) is 11.7 Å². The molecule has 0 unspecified atom stereocenters. The molecule has 2 aliphatic rings. The Balaban J connectivity index is 1.38. The van der Waals surface area contributed by atoms with E-state index < -0.39 is 23.4 Å². The number of rotatable bonds is 12. The second kappa shape index (κ2) is 15.8. The molecule has 45 heavy (non-hydrogen) atoms. The highest BCUT2D eigenvalue weighted by Gasteiger charge is 2.37. The Kier molecular flexibility index (Phi) is 11.9. The number of hydrogen-bond donors (Lipinski definition) is 5. The third-order valence-corrected chi connectivity index (χ3v) is 9.31. The number of hydrogen-bond acceptors (Lipinski definition) is 5. The molecule has 4 rings (SSSR count). The molecule has 2 aromatic carbocycles. The summed E-state index contributed by atoms with van der Waals surface area (Å²) in [5.41, 5.74) is 7.90. The van der Waals surface area contributed by atoms with Gasteiger partial charge in [-0.15, -0.1) is 0 Å². The molecule has 9 nitrogen and oxygen atoms in total. The fourth-order valence-corrected chi connectivity index (χ4v) is 6.14. The van der Waals surface area contributed by atoms with Crippen LogP contribution in [0.1, 0.15) is 81.9 Å². The number of aryl methyl sites for hydroxylation is 1. The SMILES string of the molecule is CC[C@](C)(NC(=O)/C=C/c1ccc(C)cc1)C(=O)N[C@H](Cc1ccccc1)C(=O)N[C@H]1CC[C@@H](C(=O)N[C@H]2CCCC[C@@H]2N)C1. The summed E-state index contributed by atoms with van der Waals surface area (Å²) in [7, 11) is 0. The number of benzene rings is 2. The molecule has 9 heteroatoms. The summed E-state index contributed by atoms with van der Waals surface area (Å²) in [5.74, 6) is -1.32. The Morgan fingerprint density at radius 1 is 0.956 bits per heavy atom. The molecular weight excluding hydrogens is 566 g/mol. The Bertz CT molecular complexity index is 1340. The molecule has 0 aromatic heterocycles. The number of amides is 4. The molecule has 0 aliphatic heterocycles. The quantitative estimate of drug-likeness (QED) is 0.232. The van der Waals surface area contributed by atoms with Crippen LogP contribution in [0.5, 0.6) is 0 Å². The number of nitrogens with one attached hydrogen (secondary N) is 4. The first kappa shape index (κ1) is 33.9. The summed E-state index contributed by atoms with van der Waals surface area (Å²) >= 11 is 0. The van der Waals surface area contributed by atoms with Crippen molar-refractivity contribution in [3.63, 3.8) is 0 Å². The lowest BCUT2D eigenvalue weighted by Crippen LogP contribution is -2.60. The maximum atomic E-state index is 13.7. The minimum atomic E-state index is -1.24. The summed E-state index contributed by atoms with van der Waals surface area (Å²) in [5, 5.41) is 12.0. The Hall–Kier alpha value is -3.98. The molecule has 2 aromatic rings. The van der Waals surface area contributed by atoms with Crippen LogP contribution in [0.4, 0.5) is 0 Å². The number of carbonyl (C=O) groups excluding carboxylic acids is 4. The van der Waals surface area contributed by atoms with E-state index in [1.165, 1.54) is 6.08 Å². The van der Waals surface area contributed by atoms with Crippen molar-refractivity contribution < 1.29 is 19.2 Å². The van der Waals surface area contributed by atoms with Crippen LogP contribution >= 0.6 is 0 Å². The number of nitrogens with two attached hydrogens (primary N) is 1. The lowest BCUT2D eigenvalue weighted by atomic mass is 9.90. The molecule has 6 N–H and O–H groups in total. The van der Waals surface area contributed by atoms with Gasteiger partial charge >= 0.3 is 0 Å². The van der Waals surface area contributed by atoms with Gasteiger partial charge in [-0.3, -0.25) is 19.2 Å². The molecule has 0 bridgehead atoms. The highest BCUT2D eigenvalue weighted by atomic mass is 16.2. The van der Waals surface area contributed by atoms with Gasteiger partial charge in [0.25, 0.3) is 0 Å². The van der Waals surface area contributed by atoms with Crippen LogP contribution in [0.2, 0.25) is 0 Å². The second-order valence-corrected chi connectivity index (χ2v) is 12.9. The van der Waals surface area contributed by atoms with Gasteiger partial charge in [0.05, 0.1) is 0 Å². The maximum Gasteiger partial charge on any atom is 0.246 e. The van der Waals surface area contributed by atoms with Crippen LogP contribution < -0.4 is 27.0 Å². The van der Waals surface area contributed by atoms with Crippen LogP contribution in [0.15, 0.2) is 60.7 Å². The van der Waals surface area contributed by atoms with E-state index in [1.807, 2.05) is 68.4 Å². The fourth-order valence-electron chi connectivity index (χ4n) is 6.14. The smallest absolute Gasteiger partial charge is 0.246 e. The van der Waals surface area contributed by atoms with Crippen molar-refractivity contribution in [1.82, 2.24) is 21.3 Å². The molecule has 2 fully saturated rings. The Morgan fingerprint density at radius 2 is 1.67 bits per heavy atom. The lowest BCUT2D eigenvalue weighted by molar-refractivity contribution is -0.134. The van der Waals surface area contributed by atoms with Crippen molar-refractivity contribution in [3.8, 4) is 0 Å². The molecule has 2 aliphatic carbocycles. The van der Waals surface area contributed by atoms with Crippen molar-refractivity contribution in [3.05, 3.63) is 77.4 Å². The fraction of sp³-hybridized carbons (Fsp3) is 0.500. The predicted molar refractivity (Wildman–Crippen MR) is 177 cm³/mol. The van der Waals surface area contributed by atoms with Crippen LogP contribution in [-0.2, 0) is 25.6 Å². The van der Waals surface area contributed by atoms with Gasteiger partial charge in [-0.05, 0) is 69.6 Å². The summed E-state index contributed by atoms with van der Waals surface area (Å²) in [4.78, 5) is 53.1. The normalized spacial score (nSPS) is 23.5. The lowest BCUT2D eigenvalue weighted by Gasteiger charge is -2.31. The van der Waals surface area contributed by atoms with E-state index in [-0.39, 0.29) is 42.3 Å². The first-order valence-electron chi connectivity index (χ1n) is 16.3. The van der Waals surface area contributed by atoms with Gasteiger partial charge < -0.3 is 27.0 Å². The average molecular weight is 616 g/mol. The van der Waals surface area contributed by atoms with E-state index in [0.29, 0.717) is 25.7 Å². The average Bonchev–Trinajstić information content (AvgIpc) is 3.50. The van der Waals surface area contributed by atoms with E-state index in [1.54, 1.807) is 13.0 Å². The van der Waals surface area contributed by atoms with Crippen LogP contribution in [0, 0.1) is 12.8 Å². The molecule has 2 saturated carbocycles. The van der Waals surface area contributed by atoms with Gasteiger partial charge in [0, 0.05) is 36.5 Å². The molecule has 242 valence electrons. The highest BCUT2D eigenvalue weighted by molar-refractivity contribution is 5.98. The Morgan fingerprint density at radius 3 is 2.36 bits per heavy atom. The zero-order valence-corrected chi connectivity index (χ0v) is 26.8. The third kappa shape index (κ3) is 9.75. The largest absolute Gasteiger partial charge is 0.352 e. The third-order valence-electron chi connectivity index (χ3n) is 9.31. The van der Waals surface area contributed by atoms with Crippen molar-refractivity contribution in [1.29, 1.82) is 0 Å². The van der Waals surface area contributed by atoms with E-state index in [2.05, 4.69) is 21.3 Å². The first-order valence-corrected chi connectivity index (χ1v) is 16.3. The topological polar surface area (TPSA) is 142 Å². The molecule has 6 atom stereocenters. The minimum Gasteiger partial charge on any atom is -0.352 e. The zero-order valence-electron chi connectivity index (χ0n) is 26.8. The maximum absolute atomic E-state index is 13.7. The van der Waals surface area contributed by atoms with Gasteiger partial charge in [-0.1, -0.05) is 79.9 Å². The second-order valence-electron chi connectivity index (χ2n) is 12.9. The van der Waals surface area contributed by atoms with Crippen molar-refractivity contribution in [2.75, 3.05) is 0 Å². The zero-order chi connectivity index (χ0) is 32.4. The molecule has 4 amide bonds. The predicted octanol–water partition coefficient (Wildman–Crippen LogP) is 3.69. The summed E-state index contributed by atoms with van der Waals surface area (Å²) in [6.45, 7) is 5.48. The monoisotopic (exact) mass is 615 g/mol.